The number of carbonyl (C=O) groups is 1. The maximum Gasteiger partial charge on any atom is 0.235 e. The van der Waals surface area contributed by atoms with Gasteiger partial charge in [0.2, 0.25) is 5.91 Å². The first-order valence-corrected chi connectivity index (χ1v) is 6.34. The van der Waals surface area contributed by atoms with Gasteiger partial charge in [0.15, 0.2) is 0 Å². The molecule has 0 aliphatic heterocycles. The van der Waals surface area contributed by atoms with Gasteiger partial charge in [-0.3, -0.25) is 15.1 Å². The highest BCUT2D eigenvalue weighted by Gasteiger charge is 2.34. The number of nitrogens with two attached hydrogens (primary N) is 1. The molecule has 5 nitrogen and oxygen atoms in total. The summed E-state index contributed by atoms with van der Waals surface area (Å²) in [5, 5.41) is 0. The molecule has 2 unspecified atom stereocenters. The Labute approximate surface area is 104 Å². The van der Waals surface area contributed by atoms with E-state index in [1.807, 2.05) is 0 Å². The lowest BCUT2D eigenvalue weighted by Gasteiger charge is -2.34. The predicted molar refractivity (Wildman–Crippen MR) is 67.2 cm³/mol. The molecule has 1 fully saturated rings. The van der Waals surface area contributed by atoms with Gasteiger partial charge in [-0.2, -0.15) is 0 Å². The maximum absolute atomic E-state index is 11.3. The van der Waals surface area contributed by atoms with Crippen LogP contribution in [0.1, 0.15) is 33.1 Å². The third-order valence-corrected chi connectivity index (χ3v) is 3.59. The topological polar surface area (TPSA) is 67.6 Å². The summed E-state index contributed by atoms with van der Waals surface area (Å²) in [5.74, 6) is 5.80. The van der Waals surface area contributed by atoms with E-state index in [9.17, 15) is 4.79 Å². The summed E-state index contributed by atoms with van der Waals surface area (Å²) in [5.41, 5.74) is 2.19. The lowest BCUT2D eigenvalue weighted by atomic mass is 10.1. The molecule has 1 amide bonds. The molecule has 0 spiro atoms. The molecule has 0 radical (unpaired) electrons. The third kappa shape index (κ3) is 4.61. The minimum absolute atomic E-state index is 0.108. The van der Waals surface area contributed by atoms with Gasteiger partial charge in [-0.05, 0) is 32.6 Å². The van der Waals surface area contributed by atoms with E-state index in [0.717, 1.165) is 12.5 Å². The van der Waals surface area contributed by atoms with Crippen LogP contribution in [0, 0.1) is 5.92 Å². The number of methoxy groups -OCH3 is 1. The highest BCUT2D eigenvalue weighted by molar-refractivity contribution is 5.75. The van der Waals surface area contributed by atoms with Gasteiger partial charge in [-0.15, -0.1) is 0 Å². The molecular weight excluding hydrogens is 218 g/mol. The van der Waals surface area contributed by atoms with E-state index in [1.54, 1.807) is 7.11 Å². The number of rotatable bonds is 8. The monoisotopic (exact) mass is 243 g/mol. The number of ether oxygens (including phenoxy) is 1. The van der Waals surface area contributed by atoms with Crippen LogP contribution in [-0.4, -0.2) is 43.2 Å². The maximum atomic E-state index is 11.3. The molecule has 0 saturated heterocycles. The molecule has 1 saturated carbocycles. The molecule has 5 heteroatoms. The van der Waals surface area contributed by atoms with Crippen LogP contribution in [0.4, 0.5) is 0 Å². The van der Waals surface area contributed by atoms with E-state index in [-0.39, 0.29) is 11.9 Å². The van der Waals surface area contributed by atoms with Crippen LogP contribution >= 0.6 is 0 Å². The Morgan fingerprint density at radius 2 is 2.18 bits per heavy atom. The van der Waals surface area contributed by atoms with E-state index < -0.39 is 0 Å². The Morgan fingerprint density at radius 1 is 1.53 bits per heavy atom. The fourth-order valence-corrected chi connectivity index (χ4v) is 2.32. The second kappa shape index (κ2) is 6.93. The van der Waals surface area contributed by atoms with Gasteiger partial charge in [0.1, 0.15) is 0 Å². The fourth-order valence-electron chi connectivity index (χ4n) is 2.32. The van der Waals surface area contributed by atoms with Crippen molar-refractivity contribution in [3.05, 3.63) is 0 Å². The molecule has 1 aliphatic rings. The van der Waals surface area contributed by atoms with E-state index in [2.05, 4.69) is 24.2 Å². The zero-order valence-electron chi connectivity index (χ0n) is 11.1. The molecule has 2 atom stereocenters. The number of amides is 1. The van der Waals surface area contributed by atoms with Crippen LogP contribution in [0.2, 0.25) is 0 Å². The van der Waals surface area contributed by atoms with Gasteiger partial charge in [-0.25, -0.2) is 5.84 Å². The number of hydrogen-bond donors (Lipinski definition) is 2. The zero-order valence-corrected chi connectivity index (χ0v) is 11.1. The first-order chi connectivity index (χ1) is 8.10. The van der Waals surface area contributed by atoms with Gasteiger partial charge in [0.05, 0.1) is 6.61 Å². The lowest BCUT2D eigenvalue weighted by molar-refractivity contribution is -0.122. The van der Waals surface area contributed by atoms with E-state index >= 15 is 0 Å². The first kappa shape index (κ1) is 14.4. The molecular formula is C12H25N3O2. The smallest absolute Gasteiger partial charge is 0.235 e. The lowest BCUT2D eigenvalue weighted by Crippen LogP contribution is -2.46. The van der Waals surface area contributed by atoms with Crippen molar-refractivity contribution in [1.29, 1.82) is 0 Å². The van der Waals surface area contributed by atoms with E-state index in [1.165, 1.54) is 12.8 Å². The summed E-state index contributed by atoms with van der Waals surface area (Å²) < 4.78 is 5.14. The molecule has 0 aromatic heterocycles. The average Bonchev–Trinajstić information content (AvgIpc) is 3.12. The molecule has 0 bridgehead atoms. The molecule has 1 aliphatic carbocycles. The highest BCUT2D eigenvalue weighted by atomic mass is 16.5. The van der Waals surface area contributed by atoms with Crippen molar-refractivity contribution in [2.75, 3.05) is 20.3 Å². The van der Waals surface area contributed by atoms with Crippen molar-refractivity contribution in [2.24, 2.45) is 11.8 Å². The van der Waals surface area contributed by atoms with Crippen molar-refractivity contribution in [3.8, 4) is 0 Å². The van der Waals surface area contributed by atoms with Crippen molar-refractivity contribution < 1.29 is 9.53 Å². The Bertz CT molecular complexity index is 244. The minimum Gasteiger partial charge on any atom is -0.383 e. The SMILES string of the molecule is COCCN(C(C)CC(=O)NN)C(C)C1CC1. The normalized spacial score (nSPS) is 19.1. The van der Waals surface area contributed by atoms with Crippen molar-refractivity contribution in [3.63, 3.8) is 0 Å². The largest absolute Gasteiger partial charge is 0.383 e. The molecule has 0 aromatic carbocycles. The molecule has 3 N–H and O–H groups in total. The Balaban J connectivity index is 2.50. The predicted octanol–water partition coefficient (Wildman–Crippen LogP) is 0.502. The van der Waals surface area contributed by atoms with E-state index in [4.69, 9.17) is 10.6 Å². The quantitative estimate of drug-likeness (QED) is 0.370. The number of hydrogen-bond acceptors (Lipinski definition) is 4. The van der Waals surface area contributed by atoms with Crippen molar-refractivity contribution in [2.45, 2.75) is 45.2 Å². The molecule has 0 aromatic rings. The molecule has 0 heterocycles. The van der Waals surface area contributed by atoms with Crippen LogP contribution < -0.4 is 11.3 Å². The van der Waals surface area contributed by atoms with Crippen molar-refractivity contribution >= 4 is 5.91 Å². The summed E-state index contributed by atoms with van der Waals surface area (Å²) in [7, 11) is 1.71. The van der Waals surface area contributed by atoms with Crippen LogP contribution in [0.15, 0.2) is 0 Å². The first-order valence-electron chi connectivity index (χ1n) is 6.34. The van der Waals surface area contributed by atoms with Gasteiger partial charge >= 0.3 is 0 Å². The average molecular weight is 243 g/mol. The van der Waals surface area contributed by atoms with Crippen molar-refractivity contribution in [1.82, 2.24) is 10.3 Å². The standard InChI is InChI=1S/C12H25N3O2/c1-9(8-12(16)14-13)15(6-7-17-3)10(2)11-4-5-11/h9-11H,4-8,13H2,1-3H3,(H,14,16). The molecule has 100 valence electrons. The summed E-state index contributed by atoms with van der Waals surface area (Å²) in [6.45, 7) is 5.88. The summed E-state index contributed by atoms with van der Waals surface area (Å²) in [6.07, 6.45) is 3.05. The molecule has 1 rings (SSSR count). The Kier molecular flexibility index (Phi) is 5.88. The van der Waals surface area contributed by atoms with Crippen LogP contribution in [0.3, 0.4) is 0 Å². The highest BCUT2D eigenvalue weighted by Crippen LogP contribution is 2.35. The second-order valence-electron chi connectivity index (χ2n) is 4.93. The van der Waals surface area contributed by atoms with E-state index in [0.29, 0.717) is 19.1 Å². The Morgan fingerprint density at radius 3 is 2.65 bits per heavy atom. The van der Waals surface area contributed by atoms with Gasteiger partial charge in [0.25, 0.3) is 0 Å². The van der Waals surface area contributed by atoms with Gasteiger partial charge in [-0.1, -0.05) is 0 Å². The summed E-state index contributed by atoms with van der Waals surface area (Å²) >= 11 is 0. The number of carbonyl (C=O) groups excluding carboxylic acids is 1. The minimum atomic E-state index is -0.108. The van der Waals surface area contributed by atoms with Crippen LogP contribution in [0.5, 0.6) is 0 Å². The van der Waals surface area contributed by atoms with Gasteiger partial charge < -0.3 is 4.74 Å². The van der Waals surface area contributed by atoms with Crippen LogP contribution in [0.25, 0.3) is 0 Å². The second-order valence-corrected chi connectivity index (χ2v) is 4.93. The number of nitrogens with one attached hydrogen (secondary N) is 1. The number of nitrogens with zero attached hydrogens (tertiary/aromatic N) is 1. The zero-order chi connectivity index (χ0) is 12.8. The van der Waals surface area contributed by atoms with Gasteiger partial charge in [0, 0.05) is 32.2 Å². The summed E-state index contributed by atoms with van der Waals surface area (Å²) in [6, 6.07) is 0.718. The Hall–Kier alpha value is -0.650. The fraction of sp³-hybridized carbons (Fsp3) is 0.917. The third-order valence-electron chi connectivity index (χ3n) is 3.59. The summed E-state index contributed by atoms with van der Waals surface area (Å²) in [4.78, 5) is 13.7. The molecule has 17 heavy (non-hydrogen) atoms. The number of hydrazine groups is 1. The van der Waals surface area contributed by atoms with Crippen LogP contribution in [-0.2, 0) is 9.53 Å².